The van der Waals surface area contributed by atoms with Crippen molar-refractivity contribution in [1.29, 1.82) is 0 Å². The average Bonchev–Trinajstić information content (AvgIpc) is 2.61. The lowest BCUT2D eigenvalue weighted by atomic mass is 9.88. The lowest BCUT2D eigenvalue weighted by Crippen LogP contribution is -2.31. The van der Waals surface area contributed by atoms with Crippen LogP contribution >= 0.6 is 0 Å². The summed E-state index contributed by atoms with van der Waals surface area (Å²) < 4.78 is 5.04. The van der Waals surface area contributed by atoms with Gasteiger partial charge in [0.1, 0.15) is 12.0 Å². The summed E-state index contributed by atoms with van der Waals surface area (Å²) in [6.45, 7) is 1.64. The number of carboxylic acid groups (broad SMARTS) is 1. The molecule has 17 heavy (non-hydrogen) atoms. The number of aliphatic hydroxyl groups is 1. The predicted molar refractivity (Wildman–Crippen MR) is 60.3 cm³/mol. The van der Waals surface area contributed by atoms with E-state index >= 15 is 0 Å². The monoisotopic (exact) mass is 244 g/mol. The minimum atomic E-state index is -1.06. The van der Waals surface area contributed by atoms with Crippen LogP contribution in [0.25, 0.3) is 0 Å². The highest BCUT2D eigenvalue weighted by Crippen LogP contribution is 2.31. The number of esters is 1. The van der Waals surface area contributed by atoms with Gasteiger partial charge in [0.15, 0.2) is 0 Å². The van der Waals surface area contributed by atoms with Crippen molar-refractivity contribution in [1.82, 2.24) is 0 Å². The summed E-state index contributed by atoms with van der Waals surface area (Å²) in [5.41, 5.74) is 0. The summed E-state index contributed by atoms with van der Waals surface area (Å²) in [4.78, 5) is 22.4. The van der Waals surface area contributed by atoms with Crippen LogP contribution in [0.4, 0.5) is 0 Å². The molecule has 3 unspecified atom stereocenters. The third kappa shape index (κ3) is 3.43. The molecule has 5 nitrogen and oxygen atoms in total. The van der Waals surface area contributed by atoms with Crippen molar-refractivity contribution in [2.75, 3.05) is 6.61 Å². The second-order valence-corrected chi connectivity index (χ2v) is 4.48. The number of carbonyl (C=O) groups excluding carboxylic acids is 1. The Balaban J connectivity index is 2.52. The number of hydrogen-bond donors (Lipinski definition) is 2. The van der Waals surface area contributed by atoms with Crippen LogP contribution in [-0.4, -0.2) is 34.9 Å². The molecule has 0 aromatic heterocycles. The van der Waals surface area contributed by atoms with E-state index in [1.807, 2.05) is 0 Å². The van der Waals surface area contributed by atoms with Crippen molar-refractivity contribution in [2.45, 2.75) is 45.1 Å². The molecule has 0 amide bonds. The molecule has 1 heterocycles. The van der Waals surface area contributed by atoms with Gasteiger partial charge in [0.05, 0.1) is 12.5 Å². The van der Waals surface area contributed by atoms with Crippen LogP contribution in [0.2, 0.25) is 0 Å². The van der Waals surface area contributed by atoms with Gasteiger partial charge in [-0.3, -0.25) is 9.59 Å². The first-order valence-corrected chi connectivity index (χ1v) is 6.16. The van der Waals surface area contributed by atoms with Gasteiger partial charge in [0.2, 0.25) is 0 Å². The van der Waals surface area contributed by atoms with Crippen molar-refractivity contribution in [3.8, 4) is 0 Å². The topological polar surface area (TPSA) is 83.8 Å². The highest BCUT2D eigenvalue weighted by Gasteiger charge is 2.48. The second kappa shape index (κ2) is 6.59. The molecule has 1 fully saturated rings. The Morgan fingerprint density at radius 3 is 2.59 bits per heavy atom. The van der Waals surface area contributed by atoms with Crippen molar-refractivity contribution < 1.29 is 24.5 Å². The molecule has 1 saturated heterocycles. The van der Waals surface area contributed by atoms with Crippen molar-refractivity contribution >= 4 is 11.9 Å². The van der Waals surface area contributed by atoms with E-state index in [9.17, 15) is 9.59 Å². The van der Waals surface area contributed by atoms with Crippen molar-refractivity contribution in [3.63, 3.8) is 0 Å². The number of aliphatic carboxylic acids is 1. The molecule has 0 radical (unpaired) electrons. The van der Waals surface area contributed by atoms with Crippen LogP contribution in [0.5, 0.6) is 0 Å². The molecule has 98 valence electrons. The molecule has 1 rings (SSSR count). The van der Waals surface area contributed by atoms with Gasteiger partial charge in [-0.05, 0) is 12.8 Å². The largest absolute Gasteiger partial charge is 0.481 e. The number of unbranched alkanes of at least 4 members (excludes halogenated alkanes) is 3. The van der Waals surface area contributed by atoms with Gasteiger partial charge in [-0.25, -0.2) is 0 Å². The van der Waals surface area contributed by atoms with Gasteiger partial charge in [-0.15, -0.1) is 0 Å². The fraction of sp³-hybridized carbons (Fsp3) is 0.833. The zero-order valence-corrected chi connectivity index (χ0v) is 10.1. The number of hydrogen-bond acceptors (Lipinski definition) is 4. The van der Waals surface area contributed by atoms with Crippen molar-refractivity contribution in [3.05, 3.63) is 0 Å². The Hall–Kier alpha value is -1.10. The van der Waals surface area contributed by atoms with Crippen LogP contribution in [0.15, 0.2) is 0 Å². The third-order valence-electron chi connectivity index (χ3n) is 3.23. The first-order chi connectivity index (χ1) is 8.11. The molecule has 0 bridgehead atoms. The first-order valence-electron chi connectivity index (χ1n) is 6.16. The maximum Gasteiger partial charge on any atom is 0.312 e. The number of aliphatic hydroxyl groups excluding tert-OH is 1. The highest BCUT2D eigenvalue weighted by molar-refractivity contribution is 5.84. The lowest BCUT2D eigenvalue weighted by Gasteiger charge is -2.15. The van der Waals surface area contributed by atoms with E-state index in [-0.39, 0.29) is 0 Å². The van der Waals surface area contributed by atoms with Crippen LogP contribution in [0.1, 0.15) is 39.0 Å². The quantitative estimate of drug-likeness (QED) is 0.519. The molecule has 0 aromatic carbocycles. The van der Waals surface area contributed by atoms with Crippen LogP contribution in [-0.2, 0) is 14.3 Å². The molecule has 2 N–H and O–H groups in total. The lowest BCUT2D eigenvalue weighted by molar-refractivity contribution is -0.145. The Morgan fingerprint density at radius 1 is 1.35 bits per heavy atom. The van der Waals surface area contributed by atoms with Crippen LogP contribution in [0.3, 0.4) is 0 Å². The molecule has 3 atom stereocenters. The number of carbonyl (C=O) groups is 2. The summed E-state index contributed by atoms with van der Waals surface area (Å²) >= 11 is 0. The molecule has 0 spiro atoms. The summed E-state index contributed by atoms with van der Waals surface area (Å²) in [6.07, 6.45) is 4.07. The van der Waals surface area contributed by atoms with E-state index in [1.165, 1.54) is 0 Å². The molecular weight excluding hydrogens is 224 g/mol. The maximum atomic E-state index is 11.4. The second-order valence-electron chi connectivity index (χ2n) is 4.48. The van der Waals surface area contributed by atoms with E-state index in [4.69, 9.17) is 14.9 Å². The molecule has 1 aliphatic rings. The molecule has 5 heteroatoms. The zero-order chi connectivity index (χ0) is 12.8. The standard InChI is InChI=1S/C12H20O5/c1-2-3-4-5-6-9-10(11(14)15)8(7-13)12(16)17-9/h8-10,13H,2-7H2,1H3,(H,14,15). The van der Waals surface area contributed by atoms with E-state index in [1.54, 1.807) is 0 Å². The minimum Gasteiger partial charge on any atom is -0.481 e. The SMILES string of the molecule is CCCCCCC1OC(=O)C(CO)C1C(=O)O. The number of ether oxygens (including phenoxy) is 1. The molecule has 0 aromatic rings. The molecule has 1 aliphatic heterocycles. The fourth-order valence-electron chi connectivity index (χ4n) is 2.25. The van der Waals surface area contributed by atoms with E-state index < -0.39 is 36.5 Å². The summed E-state index contributed by atoms with van der Waals surface area (Å²) in [5.74, 6) is -3.44. The predicted octanol–water partition coefficient (Wildman–Crippen LogP) is 1.19. The van der Waals surface area contributed by atoms with Crippen LogP contribution in [0, 0.1) is 11.8 Å². The number of rotatable bonds is 7. The number of carboxylic acids is 1. The first kappa shape index (κ1) is 14.0. The fourth-order valence-corrected chi connectivity index (χ4v) is 2.25. The Kier molecular flexibility index (Phi) is 5.41. The highest BCUT2D eigenvalue weighted by atomic mass is 16.6. The summed E-state index contributed by atoms with van der Waals surface area (Å²) in [7, 11) is 0. The minimum absolute atomic E-state index is 0.457. The summed E-state index contributed by atoms with van der Waals surface area (Å²) in [6, 6.07) is 0. The molecule has 0 saturated carbocycles. The maximum absolute atomic E-state index is 11.4. The Labute approximate surface area is 101 Å². The van der Waals surface area contributed by atoms with Gasteiger partial charge in [0.25, 0.3) is 0 Å². The van der Waals surface area contributed by atoms with Gasteiger partial charge >= 0.3 is 11.9 Å². The van der Waals surface area contributed by atoms with Gasteiger partial charge in [-0.2, -0.15) is 0 Å². The molecular formula is C12H20O5. The molecule has 0 aliphatic carbocycles. The van der Waals surface area contributed by atoms with Gasteiger partial charge < -0.3 is 14.9 Å². The number of cyclic esters (lactones) is 1. The average molecular weight is 244 g/mol. The smallest absolute Gasteiger partial charge is 0.312 e. The van der Waals surface area contributed by atoms with E-state index in [2.05, 4.69) is 6.92 Å². The van der Waals surface area contributed by atoms with Gasteiger partial charge in [0, 0.05) is 0 Å². The van der Waals surface area contributed by atoms with E-state index in [0.717, 1.165) is 25.7 Å². The third-order valence-corrected chi connectivity index (χ3v) is 3.23. The normalized spacial score (nSPS) is 28.1. The van der Waals surface area contributed by atoms with E-state index in [0.29, 0.717) is 6.42 Å². The zero-order valence-electron chi connectivity index (χ0n) is 10.1. The Morgan fingerprint density at radius 2 is 2.06 bits per heavy atom. The van der Waals surface area contributed by atoms with Gasteiger partial charge in [-0.1, -0.05) is 26.2 Å². The van der Waals surface area contributed by atoms with Crippen LogP contribution < -0.4 is 0 Å². The Bertz CT molecular complexity index is 276. The van der Waals surface area contributed by atoms with Crippen molar-refractivity contribution in [2.24, 2.45) is 11.8 Å². The summed E-state index contributed by atoms with van der Waals surface area (Å²) in [5, 5.41) is 18.1.